The van der Waals surface area contributed by atoms with E-state index in [4.69, 9.17) is 0 Å². The normalized spacial score (nSPS) is 19.4. The number of hydrogen-bond acceptors (Lipinski definition) is 4. The van der Waals surface area contributed by atoms with E-state index in [1.54, 1.807) is 18.1 Å². The molecule has 0 amide bonds. The van der Waals surface area contributed by atoms with Gasteiger partial charge in [0.2, 0.25) is 0 Å². The van der Waals surface area contributed by atoms with Crippen molar-refractivity contribution in [3.8, 4) is 0 Å². The topological polar surface area (TPSA) is 42.7 Å². The number of aryl methyl sites for hydroxylation is 1. The molecule has 1 saturated carbocycles. The number of nitrogens with one attached hydrogen (secondary N) is 1. The molecule has 17 heavy (non-hydrogen) atoms. The Labute approximate surface area is 108 Å². The Balaban J connectivity index is 1.70. The highest BCUT2D eigenvalue weighted by atomic mass is 32.2. The zero-order valence-corrected chi connectivity index (χ0v) is 11.5. The largest absolute Gasteiger partial charge is 0.313 e. The van der Waals surface area contributed by atoms with Gasteiger partial charge in [-0.25, -0.2) is 0 Å². The van der Waals surface area contributed by atoms with Crippen molar-refractivity contribution in [2.45, 2.75) is 55.5 Å². The Bertz CT molecular complexity index is 333. The lowest BCUT2D eigenvalue weighted by atomic mass is 9.95. The first-order valence-electron chi connectivity index (χ1n) is 6.49. The van der Waals surface area contributed by atoms with Crippen molar-refractivity contribution < 1.29 is 0 Å². The van der Waals surface area contributed by atoms with Crippen LogP contribution in [0.4, 0.5) is 0 Å². The molecule has 0 radical (unpaired) electrons. The number of aromatic nitrogens is 3. The fourth-order valence-corrected chi connectivity index (χ4v) is 3.09. The summed E-state index contributed by atoms with van der Waals surface area (Å²) in [5.74, 6) is 0. The van der Waals surface area contributed by atoms with Gasteiger partial charge in [0.15, 0.2) is 5.16 Å². The molecule has 1 aromatic rings. The van der Waals surface area contributed by atoms with E-state index in [0.29, 0.717) is 5.25 Å². The summed E-state index contributed by atoms with van der Waals surface area (Å²) in [6.45, 7) is 3.30. The SMILES string of the molecule is CC(CNC1CCCCC1)Sc1nncn1C. The number of nitrogens with zero attached hydrogens (tertiary/aromatic N) is 3. The van der Waals surface area contributed by atoms with E-state index in [1.807, 2.05) is 11.6 Å². The van der Waals surface area contributed by atoms with Gasteiger partial charge in [-0.1, -0.05) is 37.9 Å². The van der Waals surface area contributed by atoms with Crippen molar-refractivity contribution in [3.63, 3.8) is 0 Å². The van der Waals surface area contributed by atoms with Crippen LogP contribution < -0.4 is 5.32 Å². The molecular formula is C12H22N4S. The van der Waals surface area contributed by atoms with Crippen LogP contribution in [0.25, 0.3) is 0 Å². The molecule has 1 aliphatic carbocycles. The molecule has 1 unspecified atom stereocenters. The highest BCUT2D eigenvalue weighted by molar-refractivity contribution is 7.99. The van der Waals surface area contributed by atoms with Gasteiger partial charge in [-0.3, -0.25) is 0 Å². The molecule has 0 aromatic carbocycles. The number of thioether (sulfide) groups is 1. The summed E-state index contributed by atoms with van der Waals surface area (Å²) in [4.78, 5) is 0. The van der Waals surface area contributed by atoms with Crippen molar-refractivity contribution in [1.29, 1.82) is 0 Å². The summed E-state index contributed by atoms with van der Waals surface area (Å²) in [5, 5.41) is 13.2. The lowest BCUT2D eigenvalue weighted by molar-refractivity contribution is 0.375. The molecule has 0 spiro atoms. The Hall–Kier alpha value is -0.550. The third kappa shape index (κ3) is 4.00. The third-order valence-electron chi connectivity index (χ3n) is 3.28. The van der Waals surface area contributed by atoms with Gasteiger partial charge in [-0.2, -0.15) is 0 Å². The fourth-order valence-electron chi connectivity index (χ4n) is 2.24. The first-order chi connectivity index (χ1) is 8.25. The molecule has 0 saturated heterocycles. The maximum Gasteiger partial charge on any atom is 0.191 e. The van der Waals surface area contributed by atoms with Crippen molar-refractivity contribution in [3.05, 3.63) is 6.33 Å². The van der Waals surface area contributed by atoms with Gasteiger partial charge in [-0.15, -0.1) is 10.2 Å². The minimum Gasteiger partial charge on any atom is -0.313 e. The highest BCUT2D eigenvalue weighted by Gasteiger charge is 2.15. The molecule has 2 rings (SSSR count). The average Bonchev–Trinajstić information content (AvgIpc) is 2.74. The smallest absolute Gasteiger partial charge is 0.191 e. The predicted octanol–water partition coefficient (Wildman–Crippen LogP) is 2.22. The van der Waals surface area contributed by atoms with Crippen LogP contribution >= 0.6 is 11.8 Å². The quantitative estimate of drug-likeness (QED) is 0.818. The van der Waals surface area contributed by atoms with E-state index < -0.39 is 0 Å². The van der Waals surface area contributed by atoms with Crippen LogP contribution in [0.2, 0.25) is 0 Å². The number of hydrogen-bond donors (Lipinski definition) is 1. The van der Waals surface area contributed by atoms with Crippen LogP contribution in [0, 0.1) is 0 Å². The molecule has 96 valence electrons. The Morgan fingerprint density at radius 2 is 2.24 bits per heavy atom. The fraction of sp³-hybridized carbons (Fsp3) is 0.833. The summed E-state index contributed by atoms with van der Waals surface area (Å²) in [6, 6.07) is 0.742. The molecule has 0 aliphatic heterocycles. The van der Waals surface area contributed by atoms with Gasteiger partial charge < -0.3 is 9.88 Å². The molecule has 0 bridgehead atoms. The standard InChI is InChI=1S/C12H22N4S/c1-10(17-12-15-14-9-16(12)2)8-13-11-6-4-3-5-7-11/h9-11,13H,3-8H2,1-2H3. The van der Waals surface area contributed by atoms with E-state index in [0.717, 1.165) is 17.7 Å². The molecule has 5 heteroatoms. The Morgan fingerprint density at radius 3 is 2.88 bits per heavy atom. The van der Waals surface area contributed by atoms with Crippen LogP contribution in [-0.2, 0) is 7.05 Å². The Kier molecular flexibility index (Phi) is 4.86. The van der Waals surface area contributed by atoms with E-state index in [1.165, 1.54) is 32.1 Å². The van der Waals surface area contributed by atoms with Gasteiger partial charge in [-0.05, 0) is 12.8 Å². The van der Waals surface area contributed by atoms with Gasteiger partial charge in [0.1, 0.15) is 6.33 Å². The van der Waals surface area contributed by atoms with Gasteiger partial charge in [0.05, 0.1) is 0 Å². The van der Waals surface area contributed by atoms with Crippen molar-refractivity contribution in [2.24, 2.45) is 7.05 Å². The highest BCUT2D eigenvalue weighted by Crippen LogP contribution is 2.21. The molecule has 1 heterocycles. The second kappa shape index (κ2) is 6.40. The summed E-state index contributed by atoms with van der Waals surface area (Å²) in [6.07, 6.45) is 8.65. The van der Waals surface area contributed by atoms with Crippen molar-refractivity contribution >= 4 is 11.8 Å². The first-order valence-corrected chi connectivity index (χ1v) is 7.37. The third-order valence-corrected chi connectivity index (χ3v) is 4.43. The van der Waals surface area contributed by atoms with Gasteiger partial charge >= 0.3 is 0 Å². The van der Waals surface area contributed by atoms with E-state index in [2.05, 4.69) is 22.4 Å². The molecule has 1 aliphatic rings. The van der Waals surface area contributed by atoms with Crippen LogP contribution in [0.5, 0.6) is 0 Å². The lowest BCUT2D eigenvalue weighted by Gasteiger charge is -2.24. The summed E-state index contributed by atoms with van der Waals surface area (Å²) >= 11 is 1.79. The van der Waals surface area contributed by atoms with Crippen molar-refractivity contribution in [1.82, 2.24) is 20.1 Å². The zero-order valence-electron chi connectivity index (χ0n) is 10.7. The second-order valence-corrected chi connectivity index (χ2v) is 6.30. The molecular weight excluding hydrogens is 232 g/mol. The van der Waals surface area contributed by atoms with Crippen LogP contribution in [-0.4, -0.2) is 32.6 Å². The average molecular weight is 254 g/mol. The molecule has 1 fully saturated rings. The molecule has 1 N–H and O–H groups in total. The van der Waals surface area contributed by atoms with Gasteiger partial charge in [0.25, 0.3) is 0 Å². The second-order valence-electron chi connectivity index (χ2n) is 4.90. The van der Waals surface area contributed by atoms with E-state index >= 15 is 0 Å². The maximum absolute atomic E-state index is 4.10. The molecule has 4 nitrogen and oxygen atoms in total. The minimum absolute atomic E-state index is 0.542. The van der Waals surface area contributed by atoms with Crippen LogP contribution in [0.15, 0.2) is 11.5 Å². The lowest BCUT2D eigenvalue weighted by Crippen LogP contribution is -2.35. The summed E-state index contributed by atoms with van der Waals surface area (Å²) < 4.78 is 1.97. The van der Waals surface area contributed by atoms with E-state index in [-0.39, 0.29) is 0 Å². The van der Waals surface area contributed by atoms with Crippen LogP contribution in [0.3, 0.4) is 0 Å². The molecule has 1 aromatic heterocycles. The minimum atomic E-state index is 0.542. The summed E-state index contributed by atoms with van der Waals surface area (Å²) in [7, 11) is 1.99. The monoisotopic (exact) mass is 254 g/mol. The number of rotatable bonds is 5. The summed E-state index contributed by atoms with van der Waals surface area (Å²) in [5.41, 5.74) is 0. The van der Waals surface area contributed by atoms with E-state index in [9.17, 15) is 0 Å². The van der Waals surface area contributed by atoms with Crippen molar-refractivity contribution in [2.75, 3.05) is 6.54 Å². The van der Waals surface area contributed by atoms with Gasteiger partial charge in [0, 0.05) is 24.9 Å². The predicted molar refractivity (Wildman–Crippen MR) is 71.2 cm³/mol. The zero-order chi connectivity index (χ0) is 12.1. The first kappa shape index (κ1) is 12.9. The maximum atomic E-state index is 4.10. The molecule has 1 atom stereocenters. The van der Waals surface area contributed by atoms with Crippen LogP contribution in [0.1, 0.15) is 39.0 Å². The Morgan fingerprint density at radius 1 is 1.47 bits per heavy atom.